The van der Waals surface area contributed by atoms with E-state index >= 15 is 0 Å². The minimum Gasteiger partial charge on any atom is -0.497 e. The number of imidazole rings is 1. The van der Waals surface area contributed by atoms with Crippen LogP contribution in [-0.4, -0.2) is 27.9 Å². The van der Waals surface area contributed by atoms with Gasteiger partial charge < -0.3 is 14.9 Å². The molecule has 0 saturated carbocycles. The van der Waals surface area contributed by atoms with E-state index in [0.29, 0.717) is 0 Å². The summed E-state index contributed by atoms with van der Waals surface area (Å²) >= 11 is 0. The van der Waals surface area contributed by atoms with E-state index in [4.69, 9.17) is 15.5 Å². The highest BCUT2D eigenvalue weighted by Crippen LogP contribution is 2.29. The number of methoxy groups -OCH3 is 1. The number of rotatable bonds is 7. The molecule has 2 N–H and O–H groups in total. The van der Waals surface area contributed by atoms with Gasteiger partial charge in [-0.3, -0.25) is 4.90 Å². The number of pyridine rings is 1. The molecular formula is C24H26N4O. The standard InChI is InChI=1S/C24H26N4O/c1-3-27(15-18-8-5-4-6-9-18)17-22-24(19-10-7-11-21(14-19)29-2)26-23-13-12-20(25)16-28(22)23/h4-14,16H,3,15,17,25H2,1-2H3. The zero-order valence-corrected chi connectivity index (χ0v) is 16.9. The van der Waals surface area contributed by atoms with Crippen LogP contribution in [0.3, 0.4) is 0 Å². The molecule has 4 aromatic rings. The van der Waals surface area contributed by atoms with Gasteiger partial charge in [0.05, 0.1) is 18.5 Å². The molecule has 5 nitrogen and oxygen atoms in total. The molecule has 0 aliphatic carbocycles. The molecule has 29 heavy (non-hydrogen) atoms. The largest absolute Gasteiger partial charge is 0.497 e. The number of nitrogen functional groups attached to an aromatic ring is 1. The van der Waals surface area contributed by atoms with Crippen molar-refractivity contribution in [2.24, 2.45) is 0 Å². The minimum absolute atomic E-state index is 0.722. The zero-order valence-electron chi connectivity index (χ0n) is 16.9. The molecule has 0 spiro atoms. The number of ether oxygens (including phenoxy) is 1. The summed E-state index contributed by atoms with van der Waals surface area (Å²) in [5.41, 5.74) is 12.1. The Kier molecular flexibility index (Phi) is 5.49. The van der Waals surface area contributed by atoms with Crippen molar-refractivity contribution < 1.29 is 4.74 Å². The molecule has 2 aromatic heterocycles. The number of benzene rings is 2. The van der Waals surface area contributed by atoms with E-state index in [2.05, 4.69) is 46.6 Å². The molecule has 2 heterocycles. The fourth-order valence-electron chi connectivity index (χ4n) is 3.60. The van der Waals surface area contributed by atoms with Crippen molar-refractivity contribution in [3.05, 3.63) is 84.2 Å². The van der Waals surface area contributed by atoms with E-state index < -0.39 is 0 Å². The molecule has 0 aliphatic rings. The van der Waals surface area contributed by atoms with E-state index in [0.717, 1.165) is 53.7 Å². The third-order valence-electron chi connectivity index (χ3n) is 5.15. The van der Waals surface area contributed by atoms with Crippen molar-refractivity contribution in [3.8, 4) is 17.0 Å². The van der Waals surface area contributed by atoms with Gasteiger partial charge in [-0.1, -0.05) is 49.4 Å². The highest BCUT2D eigenvalue weighted by Gasteiger charge is 2.17. The maximum absolute atomic E-state index is 6.09. The summed E-state index contributed by atoms with van der Waals surface area (Å²) in [4.78, 5) is 7.33. The first-order valence-electron chi connectivity index (χ1n) is 9.85. The molecule has 0 bridgehead atoms. The van der Waals surface area contributed by atoms with Crippen LogP contribution < -0.4 is 10.5 Å². The minimum atomic E-state index is 0.722. The van der Waals surface area contributed by atoms with Gasteiger partial charge >= 0.3 is 0 Å². The second-order valence-electron chi connectivity index (χ2n) is 7.12. The van der Waals surface area contributed by atoms with Gasteiger partial charge in [0.25, 0.3) is 0 Å². The van der Waals surface area contributed by atoms with Crippen molar-refractivity contribution >= 4 is 11.3 Å². The van der Waals surface area contributed by atoms with Crippen molar-refractivity contribution in [2.75, 3.05) is 19.4 Å². The average Bonchev–Trinajstić information content (AvgIpc) is 3.11. The molecule has 0 fully saturated rings. The van der Waals surface area contributed by atoms with Crippen LogP contribution in [0.4, 0.5) is 5.69 Å². The topological polar surface area (TPSA) is 55.8 Å². The summed E-state index contributed by atoms with van der Waals surface area (Å²) < 4.78 is 7.53. The van der Waals surface area contributed by atoms with Crippen molar-refractivity contribution in [1.82, 2.24) is 14.3 Å². The molecule has 0 atom stereocenters. The van der Waals surface area contributed by atoms with E-state index in [-0.39, 0.29) is 0 Å². The second-order valence-corrected chi connectivity index (χ2v) is 7.12. The predicted molar refractivity (Wildman–Crippen MR) is 118 cm³/mol. The van der Waals surface area contributed by atoms with E-state index in [1.54, 1.807) is 7.11 Å². The first-order valence-corrected chi connectivity index (χ1v) is 9.85. The Balaban J connectivity index is 1.77. The van der Waals surface area contributed by atoms with E-state index in [9.17, 15) is 0 Å². The Bertz CT molecular complexity index is 1100. The molecule has 0 saturated heterocycles. The highest BCUT2D eigenvalue weighted by atomic mass is 16.5. The van der Waals surface area contributed by atoms with E-state index in [1.165, 1.54) is 5.56 Å². The Morgan fingerprint density at radius 1 is 1.00 bits per heavy atom. The summed E-state index contributed by atoms with van der Waals surface area (Å²) in [6, 6.07) is 22.5. The molecule has 0 radical (unpaired) electrons. The Morgan fingerprint density at radius 2 is 1.83 bits per heavy atom. The lowest BCUT2D eigenvalue weighted by molar-refractivity contribution is 0.268. The van der Waals surface area contributed by atoms with Gasteiger partial charge in [0.2, 0.25) is 0 Å². The Morgan fingerprint density at radius 3 is 2.59 bits per heavy atom. The molecule has 0 unspecified atom stereocenters. The second kappa shape index (κ2) is 8.37. The first kappa shape index (κ1) is 19.0. The van der Waals surface area contributed by atoms with Crippen LogP contribution in [0.25, 0.3) is 16.9 Å². The molecule has 5 heteroatoms. The normalized spacial score (nSPS) is 11.3. The summed E-state index contributed by atoms with van der Waals surface area (Å²) in [5, 5.41) is 0. The fraction of sp³-hybridized carbons (Fsp3) is 0.208. The number of anilines is 1. The number of aromatic nitrogens is 2. The predicted octanol–water partition coefficient (Wildman–Crippen LogP) is 4.61. The lowest BCUT2D eigenvalue weighted by Gasteiger charge is -2.21. The van der Waals surface area contributed by atoms with Crippen LogP contribution in [0.1, 0.15) is 18.2 Å². The van der Waals surface area contributed by atoms with Crippen LogP contribution in [0, 0.1) is 0 Å². The van der Waals surface area contributed by atoms with Gasteiger partial charge in [0.1, 0.15) is 11.4 Å². The number of nitrogens with two attached hydrogens (primary N) is 1. The zero-order chi connectivity index (χ0) is 20.2. The first-order chi connectivity index (χ1) is 14.2. The van der Waals surface area contributed by atoms with E-state index in [1.807, 2.05) is 42.6 Å². The van der Waals surface area contributed by atoms with Gasteiger partial charge in [-0.15, -0.1) is 0 Å². The number of hydrogen-bond acceptors (Lipinski definition) is 4. The summed E-state index contributed by atoms with van der Waals surface area (Å²) in [5.74, 6) is 0.821. The summed E-state index contributed by atoms with van der Waals surface area (Å²) in [6.07, 6.45) is 1.96. The van der Waals surface area contributed by atoms with Crippen LogP contribution in [0.15, 0.2) is 72.9 Å². The number of fused-ring (bicyclic) bond motifs is 1. The SMILES string of the molecule is CCN(Cc1ccccc1)Cc1c(-c2cccc(OC)c2)nc2ccc(N)cn12. The van der Waals surface area contributed by atoms with Crippen LogP contribution >= 0.6 is 0 Å². The molecule has 4 rings (SSSR count). The van der Waals surface area contributed by atoms with Crippen molar-refractivity contribution in [2.45, 2.75) is 20.0 Å². The van der Waals surface area contributed by atoms with Crippen molar-refractivity contribution in [1.29, 1.82) is 0 Å². The molecular weight excluding hydrogens is 360 g/mol. The summed E-state index contributed by atoms with van der Waals surface area (Å²) in [7, 11) is 1.68. The molecule has 2 aromatic carbocycles. The molecule has 148 valence electrons. The smallest absolute Gasteiger partial charge is 0.137 e. The van der Waals surface area contributed by atoms with Gasteiger partial charge in [-0.2, -0.15) is 0 Å². The van der Waals surface area contributed by atoms with Gasteiger partial charge in [0.15, 0.2) is 0 Å². The lowest BCUT2D eigenvalue weighted by atomic mass is 10.1. The number of hydrogen-bond donors (Lipinski definition) is 1. The highest BCUT2D eigenvalue weighted by molar-refractivity contribution is 5.68. The third-order valence-corrected chi connectivity index (χ3v) is 5.15. The monoisotopic (exact) mass is 386 g/mol. The molecule has 0 aliphatic heterocycles. The Hall–Kier alpha value is -3.31. The maximum atomic E-state index is 6.09. The molecule has 0 amide bonds. The summed E-state index contributed by atoms with van der Waals surface area (Å²) in [6.45, 7) is 4.76. The van der Waals surface area contributed by atoms with Crippen LogP contribution in [0.5, 0.6) is 5.75 Å². The fourth-order valence-corrected chi connectivity index (χ4v) is 3.60. The van der Waals surface area contributed by atoms with Crippen molar-refractivity contribution in [3.63, 3.8) is 0 Å². The lowest BCUT2D eigenvalue weighted by Crippen LogP contribution is -2.23. The average molecular weight is 386 g/mol. The Labute approximate surface area is 171 Å². The van der Waals surface area contributed by atoms with Gasteiger partial charge in [-0.25, -0.2) is 4.98 Å². The maximum Gasteiger partial charge on any atom is 0.137 e. The van der Waals surface area contributed by atoms with Crippen LogP contribution in [-0.2, 0) is 13.1 Å². The van der Waals surface area contributed by atoms with Gasteiger partial charge in [0, 0.05) is 30.5 Å². The number of nitrogens with zero attached hydrogens (tertiary/aromatic N) is 3. The van der Waals surface area contributed by atoms with Crippen LogP contribution in [0.2, 0.25) is 0 Å². The quantitative estimate of drug-likeness (QED) is 0.504. The van der Waals surface area contributed by atoms with Gasteiger partial charge in [-0.05, 0) is 36.4 Å². The third kappa shape index (κ3) is 4.10.